The number of aryl methyl sites for hydroxylation is 2. The van der Waals surface area contributed by atoms with Crippen molar-refractivity contribution in [3.63, 3.8) is 0 Å². The number of nitrogens with zero attached hydrogens (tertiary/aromatic N) is 1. The molecule has 2 atom stereocenters. The number of ketones is 1. The number of benzene rings is 1. The van der Waals surface area contributed by atoms with E-state index < -0.39 is 0 Å². The minimum Gasteiger partial charge on any atom is -0.378 e. The summed E-state index contributed by atoms with van der Waals surface area (Å²) in [6, 6.07) is 6.92. The van der Waals surface area contributed by atoms with Gasteiger partial charge in [0.2, 0.25) is 0 Å². The second-order valence-electron chi connectivity index (χ2n) is 6.31. The molecule has 2 heterocycles. The Morgan fingerprint density at radius 1 is 1.15 bits per heavy atom. The maximum atomic E-state index is 12.9. The number of fused-ring (bicyclic) bond motifs is 2. The topological polar surface area (TPSA) is 29.5 Å². The van der Waals surface area contributed by atoms with Crippen LogP contribution in [0.3, 0.4) is 0 Å². The molecule has 0 saturated carbocycles. The predicted molar refractivity (Wildman–Crippen MR) is 79.1 cm³/mol. The maximum Gasteiger partial charge on any atom is 0.166 e. The quantitative estimate of drug-likeness (QED) is 0.776. The van der Waals surface area contributed by atoms with Crippen LogP contribution in [0.15, 0.2) is 18.2 Å². The summed E-state index contributed by atoms with van der Waals surface area (Å²) in [7, 11) is 2.16. The van der Waals surface area contributed by atoms with Crippen molar-refractivity contribution in [1.82, 2.24) is 4.90 Å². The third-order valence-electron chi connectivity index (χ3n) is 4.98. The fraction of sp³-hybridized carbons (Fsp3) is 0.588. The van der Waals surface area contributed by atoms with Crippen molar-refractivity contribution in [3.8, 4) is 0 Å². The van der Waals surface area contributed by atoms with Crippen LogP contribution in [0, 0.1) is 19.8 Å². The van der Waals surface area contributed by atoms with Crippen LogP contribution < -0.4 is 0 Å². The van der Waals surface area contributed by atoms with Crippen LogP contribution in [0.2, 0.25) is 0 Å². The summed E-state index contributed by atoms with van der Waals surface area (Å²) >= 11 is 0. The van der Waals surface area contributed by atoms with Crippen molar-refractivity contribution in [3.05, 3.63) is 34.9 Å². The highest BCUT2D eigenvalue weighted by Gasteiger charge is 2.39. The third kappa shape index (κ3) is 2.29. The number of piperidine rings is 1. The number of rotatable bonds is 2. The largest absolute Gasteiger partial charge is 0.378 e. The van der Waals surface area contributed by atoms with E-state index in [2.05, 4.69) is 11.9 Å². The van der Waals surface area contributed by atoms with Gasteiger partial charge in [-0.15, -0.1) is 0 Å². The van der Waals surface area contributed by atoms with Crippen molar-refractivity contribution in [2.24, 2.45) is 5.92 Å². The van der Waals surface area contributed by atoms with E-state index in [9.17, 15) is 4.79 Å². The first-order valence-corrected chi connectivity index (χ1v) is 7.48. The lowest BCUT2D eigenvalue weighted by atomic mass is 9.79. The van der Waals surface area contributed by atoms with Crippen LogP contribution in [-0.2, 0) is 4.74 Å². The molecule has 0 amide bonds. The summed E-state index contributed by atoms with van der Waals surface area (Å²) in [5, 5.41) is 0. The lowest BCUT2D eigenvalue weighted by Crippen LogP contribution is -2.55. The minimum atomic E-state index is 0.157. The van der Waals surface area contributed by atoms with E-state index in [-0.39, 0.29) is 5.92 Å². The number of carbonyl (C=O) groups is 1. The van der Waals surface area contributed by atoms with Gasteiger partial charge in [-0.05, 0) is 44.9 Å². The summed E-state index contributed by atoms with van der Waals surface area (Å²) in [5.41, 5.74) is 3.16. The number of carbonyl (C=O) groups excluding carboxylic acids is 1. The minimum absolute atomic E-state index is 0.157. The van der Waals surface area contributed by atoms with E-state index in [0.717, 1.165) is 42.7 Å². The Labute approximate surface area is 120 Å². The first-order chi connectivity index (χ1) is 9.58. The summed E-state index contributed by atoms with van der Waals surface area (Å²) in [6.45, 7) is 5.62. The average Bonchev–Trinajstić information content (AvgIpc) is 2.37. The SMILES string of the molecule is Cc1cccc(C)c1C(=O)C1CC2COCC(C1)N2C. The zero-order valence-electron chi connectivity index (χ0n) is 12.6. The monoisotopic (exact) mass is 273 g/mol. The molecule has 0 spiro atoms. The van der Waals surface area contributed by atoms with E-state index in [1.165, 1.54) is 0 Å². The Kier molecular flexibility index (Phi) is 3.65. The predicted octanol–water partition coefficient (Wildman–Crippen LogP) is 2.60. The Bertz CT molecular complexity index is 491. The molecule has 20 heavy (non-hydrogen) atoms. The Balaban J connectivity index is 1.85. The van der Waals surface area contributed by atoms with Gasteiger partial charge in [0.15, 0.2) is 5.78 Å². The van der Waals surface area contributed by atoms with Crippen LogP contribution in [0.25, 0.3) is 0 Å². The van der Waals surface area contributed by atoms with Gasteiger partial charge in [-0.2, -0.15) is 0 Å². The molecule has 108 valence electrons. The van der Waals surface area contributed by atoms with Gasteiger partial charge in [0.05, 0.1) is 13.2 Å². The molecule has 3 rings (SSSR count). The van der Waals surface area contributed by atoms with Crippen molar-refractivity contribution in [2.45, 2.75) is 38.8 Å². The molecule has 1 aromatic rings. The fourth-order valence-corrected chi connectivity index (χ4v) is 3.72. The molecular formula is C17H23NO2. The van der Waals surface area contributed by atoms with Crippen LogP contribution >= 0.6 is 0 Å². The zero-order chi connectivity index (χ0) is 14.3. The fourth-order valence-electron chi connectivity index (χ4n) is 3.72. The average molecular weight is 273 g/mol. The molecule has 3 nitrogen and oxygen atoms in total. The lowest BCUT2D eigenvalue weighted by Gasteiger charge is -2.46. The number of ether oxygens (including phenoxy) is 1. The second kappa shape index (κ2) is 5.30. The number of likely N-dealkylation sites (N-methyl/N-ethyl adjacent to an activating group) is 1. The first-order valence-electron chi connectivity index (χ1n) is 7.48. The number of morpholine rings is 1. The maximum absolute atomic E-state index is 12.9. The molecule has 2 bridgehead atoms. The number of Topliss-reactive ketones (excluding diaryl/α,β-unsaturated/α-hetero) is 1. The van der Waals surface area contributed by atoms with Crippen LogP contribution in [-0.4, -0.2) is 43.0 Å². The zero-order valence-corrected chi connectivity index (χ0v) is 12.6. The van der Waals surface area contributed by atoms with Gasteiger partial charge in [0.1, 0.15) is 0 Å². The van der Waals surface area contributed by atoms with Crippen molar-refractivity contribution < 1.29 is 9.53 Å². The molecule has 0 radical (unpaired) electrons. The standard InChI is InChI=1S/C17H23NO2/c1-11-5-4-6-12(2)16(11)17(19)13-7-14-9-20-10-15(8-13)18(14)3/h4-6,13-15H,7-10H2,1-3H3. The van der Waals surface area contributed by atoms with Gasteiger partial charge >= 0.3 is 0 Å². The van der Waals surface area contributed by atoms with E-state index in [4.69, 9.17) is 4.74 Å². The van der Waals surface area contributed by atoms with E-state index >= 15 is 0 Å². The molecule has 2 aliphatic rings. The van der Waals surface area contributed by atoms with Gasteiger partial charge in [0, 0.05) is 23.6 Å². The van der Waals surface area contributed by atoms with Crippen LogP contribution in [0.1, 0.15) is 34.3 Å². The first kappa shape index (κ1) is 13.8. The Hall–Kier alpha value is -1.19. The Morgan fingerprint density at radius 2 is 1.70 bits per heavy atom. The van der Waals surface area contributed by atoms with E-state index in [1.807, 2.05) is 32.0 Å². The molecule has 1 aromatic carbocycles. The molecule has 2 aliphatic heterocycles. The number of hydrogen-bond donors (Lipinski definition) is 0. The molecule has 0 aromatic heterocycles. The van der Waals surface area contributed by atoms with Crippen molar-refractivity contribution >= 4 is 5.78 Å². The summed E-state index contributed by atoms with van der Waals surface area (Å²) < 4.78 is 5.64. The molecule has 2 saturated heterocycles. The Morgan fingerprint density at radius 3 is 2.25 bits per heavy atom. The van der Waals surface area contributed by atoms with Crippen molar-refractivity contribution in [2.75, 3.05) is 20.3 Å². The van der Waals surface area contributed by atoms with Crippen LogP contribution in [0.4, 0.5) is 0 Å². The molecule has 0 N–H and O–H groups in total. The van der Waals surface area contributed by atoms with Gasteiger partial charge < -0.3 is 4.74 Å². The molecule has 2 unspecified atom stereocenters. The van der Waals surface area contributed by atoms with Gasteiger partial charge in [-0.25, -0.2) is 0 Å². The smallest absolute Gasteiger partial charge is 0.166 e. The number of hydrogen-bond acceptors (Lipinski definition) is 3. The molecular weight excluding hydrogens is 250 g/mol. The highest BCUT2D eigenvalue weighted by atomic mass is 16.5. The van der Waals surface area contributed by atoms with E-state index in [1.54, 1.807) is 0 Å². The van der Waals surface area contributed by atoms with Crippen LogP contribution in [0.5, 0.6) is 0 Å². The molecule has 0 aliphatic carbocycles. The second-order valence-corrected chi connectivity index (χ2v) is 6.31. The molecule has 3 heteroatoms. The summed E-state index contributed by atoms with van der Waals surface area (Å²) in [5.74, 6) is 0.496. The summed E-state index contributed by atoms with van der Waals surface area (Å²) in [4.78, 5) is 15.3. The highest BCUT2D eigenvalue weighted by molar-refractivity contribution is 6.00. The van der Waals surface area contributed by atoms with E-state index in [0.29, 0.717) is 17.9 Å². The van der Waals surface area contributed by atoms with Gasteiger partial charge in [0.25, 0.3) is 0 Å². The van der Waals surface area contributed by atoms with Gasteiger partial charge in [-0.3, -0.25) is 9.69 Å². The lowest BCUT2D eigenvalue weighted by molar-refractivity contribution is -0.0702. The molecule has 2 fully saturated rings. The third-order valence-corrected chi connectivity index (χ3v) is 4.98. The van der Waals surface area contributed by atoms with Crippen molar-refractivity contribution in [1.29, 1.82) is 0 Å². The highest BCUT2D eigenvalue weighted by Crippen LogP contribution is 2.33. The van der Waals surface area contributed by atoms with Gasteiger partial charge in [-0.1, -0.05) is 18.2 Å². The normalized spacial score (nSPS) is 30.2. The summed E-state index contributed by atoms with van der Waals surface area (Å²) in [6.07, 6.45) is 1.86.